The van der Waals surface area contributed by atoms with Crippen LogP contribution >= 0.6 is 0 Å². The molecule has 1 unspecified atom stereocenters. The Balaban J connectivity index is 2.38. The number of carboxylic acid groups (broad SMARTS) is 1. The van der Waals surface area contributed by atoms with Crippen LogP contribution in [0.5, 0.6) is 0 Å². The molecular formula is C15H17NO2. The summed E-state index contributed by atoms with van der Waals surface area (Å²) < 4.78 is 0. The average Bonchev–Trinajstić information content (AvgIpc) is 2.36. The zero-order valence-electron chi connectivity index (χ0n) is 10.6. The van der Waals surface area contributed by atoms with Gasteiger partial charge in [-0.2, -0.15) is 0 Å². The van der Waals surface area contributed by atoms with Gasteiger partial charge in [0, 0.05) is 24.2 Å². The fourth-order valence-electron chi connectivity index (χ4n) is 2.14. The number of anilines is 1. The minimum Gasteiger partial charge on any atom is -0.481 e. The maximum atomic E-state index is 10.8. The smallest absolute Gasteiger partial charge is 0.305 e. The van der Waals surface area contributed by atoms with Crippen LogP contribution in [0.25, 0.3) is 10.8 Å². The fourth-order valence-corrected chi connectivity index (χ4v) is 2.14. The maximum Gasteiger partial charge on any atom is 0.305 e. The molecule has 0 saturated heterocycles. The summed E-state index contributed by atoms with van der Waals surface area (Å²) in [6.45, 7) is 1.93. The Kier molecular flexibility index (Phi) is 3.51. The van der Waals surface area contributed by atoms with Crippen LogP contribution in [0.2, 0.25) is 0 Å². The topological polar surface area (TPSA) is 40.5 Å². The van der Waals surface area contributed by atoms with E-state index < -0.39 is 5.97 Å². The highest BCUT2D eigenvalue weighted by molar-refractivity contribution is 5.94. The molecule has 0 aliphatic rings. The van der Waals surface area contributed by atoms with E-state index in [9.17, 15) is 4.79 Å². The third kappa shape index (κ3) is 2.45. The first-order valence-electron chi connectivity index (χ1n) is 6.02. The van der Waals surface area contributed by atoms with Crippen molar-refractivity contribution in [3.63, 3.8) is 0 Å². The second kappa shape index (κ2) is 5.08. The Hall–Kier alpha value is -2.03. The van der Waals surface area contributed by atoms with Crippen LogP contribution in [0, 0.1) is 0 Å². The van der Waals surface area contributed by atoms with E-state index in [-0.39, 0.29) is 12.5 Å². The van der Waals surface area contributed by atoms with Crippen molar-refractivity contribution in [1.82, 2.24) is 0 Å². The van der Waals surface area contributed by atoms with Gasteiger partial charge in [-0.05, 0) is 18.4 Å². The Bertz CT molecular complexity index is 560. The molecule has 0 aromatic heterocycles. The van der Waals surface area contributed by atoms with E-state index >= 15 is 0 Å². The van der Waals surface area contributed by atoms with Gasteiger partial charge in [0.2, 0.25) is 0 Å². The van der Waals surface area contributed by atoms with Crippen LogP contribution in [0.1, 0.15) is 13.3 Å². The van der Waals surface area contributed by atoms with Crippen molar-refractivity contribution in [2.45, 2.75) is 19.4 Å². The number of hydrogen-bond acceptors (Lipinski definition) is 2. The van der Waals surface area contributed by atoms with Gasteiger partial charge in [0.05, 0.1) is 6.42 Å². The van der Waals surface area contributed by atoms with Gasteiger partial charge in [-0.15, -0.1) is 0 Å². The van der Waals surface area contributed by atoms with Gasteiger partial charge in [-0.1, -0.05) is 36.4 Å². The zero-order valence-corrected chi connectivity index (χ0v) is 10.6. The number of rotatable bonds is 4. The Morgan fingerprint density at radius 1 is 1.22 bits per heavy atom. The lowest BCUT2D eigenvalue weighted by molar-refractivity contribution is -0.137. The molecule has 3 heteroatoms. The van der Waals surface area contributed by atoms with E-state index in [4.69, 9.17) is 5.11 Å². The van der Waals surface area contributed by atoms with Crippen LogP contribution in [0.3, 0.4) is 0 Å². The second-order valence-electron chi connectivity index (χ2n) is 4.56. The molecule has 0 saturated carbocycles. The molecule has 2 aromatic carbocycles. The van der Waals surface area contributed by atoms with Crippen LogP contribution < -0.4 is 4.90 Å². The Morgan fingerprint density at radius 2 is 1.89 bits per heavy atom. The highest BCUT2D eigenvalue weighted by Crippen LogP contribution is 2.27. The predicted molar refractivity (Wildman–Crippen MR) is 74.1 cm³/mol. The molecule has 0 aliphatic carbocycles. The third-order valence-electron chi connectivity index (χ3n) is 3.28. The number of hydrogen-bond donors (Lipinski definition) is 1. The van der Waals surface area contributed by atoms with Crippen molar-refractivity contribution in [3.05, 3.63) is 42.5 Å². The normalized spacial score (nSPS) is 12.3. The van der Waals surface area contributed by atoms with Gasteiger partial charge in [0.1, 0.15) is 0 Å². The first-order valence-corrected chi connectivity index (χ1v) is 6.02. The van der Waals surface area contributed by atoms with Gasteiger partial charge in [-0.3, -0.25) is 4.79 Å². The summed E-state index contributed by atoms with van der Waals surface area (Å²) in [5.74, 6) is -0.769. The van der Waals surface area contributed by atoms with Gasteiger partial charge < -0.3 is 10.0 Å². The molecule has 0 bridgehead atoms. The van der Waals surface area contributed by atoms with Crippen LogP contribution in [-0.4, -0.2) is 24.2 Å². The van der Waals surface area contributed by atoms with Crippen LogP contribution in [0.4, 0.5) is 5.69 Å². The fraction of sp³-hybridized carbons (Fsp3) is 0.267. The molecule has 2 aromatic rings. The van der Waals surface area contributed by atoms with Crippen molar-refractivity contribution in [2.75, 3.05) is 11.9 Å². The lowest BCUT2D eigenvalue weighted by atomic mass is 10.1. The minimum absolute atomic E-state index is 0.0340. The van der Waals surface area contributed by atoms with Gasteiger partial charge in [-0.25, -0.2) is 0 Å². The molecule has 0 heterocycles. The Morgan fingerprint density at radius 3 is 2.61 bits per heavy atom. The first kappa shape index (κ1) is 12.4. The molecule has 0 amide bonds. The molecule has 0 radical (unpaired) electrons. The number of carboxylic acids is 1. The molecule has 3 nitrogen and oxygen atoms in total. The van der Waals surface area contributed by atoms with Gasteiger partial charge in [0.25, 0.3) is 0 Å². The molecule has 0 spiro atoms. The minimum atomic E-state index is -0.769. The highest BCUT2D eigenvalue weighted by atomic mass is 16.4. The van der Waals surface area contributed by atoms with E-state index in [1.54, 1.807) is 0 Å². The maximum absolute atomic E-state index is 10.8. The highest BCUT2D eigenvalue weighted by Gasteiger charge is 2.15. The van der Waals surface area contributed by atoms with E-state index in [0.717, 1.165) is 11.1 Å². The van der Waals surface area contributed by atoms with Crippen molar-refractivity contribution in [1.29, 1.82) is 0 Å². The number of fused-ring (bicyclic) bond motifs is 1. The summed E-state index contributed by atoms with van der Waals surface area (Å²) in [6.07, 6.45) is 0.139. The number of nitrogens with zero attached hydrogens (tertiary/aromatic N) is 1. The van der Waals surface area contributed by atoms with E-state index in [0.29, 0.717) is 0 Å². The molecule has 1 atom stereocenters. The molecule has 94 valence electrons. The number of benzene rings is 2. The monoisotopic (exact) mass is 243 g/mol. The quantitative estimate of drug-likeness (QED) is 0.896. The predicted octanol–water partition coefficient (Wildman–Crippen LogP) is 3.14. The van der Waals surface area contributed by atoms with Crippen LogP contribution in [-0.2, 0) is 4.79 Å². The van der Waals surface area contributed by atoms with Crippen molar-refractivity contribution in [3.8, 4) is 0 Å². The molecule has 1 N–H and O–H groups in total. The molecule has 0 fully saturated rings. The lowest BCUT2D eigenvalue weighted by Crippen LogP contribution is -2.31. The van der Waals surface area contributed by atoms with Gasteiger partial charge in [0.15, 0.2) is 0 Å². The van der Waals surface area contributed by atoms with Crippen molar-refractivity contribution in [2.24, 2.45) is 0 Å². The molecule has 0 aliphatic heterocycles. The summed E-state index contributed by atoms with van der Waals surface area (Å²) in [6, 6.07) is 14.2. The van der Waals surface area contributed by atoms with Crippen molar-refractivity contribution >= 4 is 22.4 Å². The number of aliphatic carboxylic acids is 1. The second-order valence-corrected chi connectivity index (χ2v) is 4.56. The van der Waals surface area contributed by atoms with E-state index in [2.05, 4.69) is 18.2 Å². The summed E-state index contributed by atoms with van der Waals surface area (Å²) in [5.41, 5.74) is 1.07. The SMILES string of the molecule is CC(CC(=O)O)N(C)c1cccc2ccccc12. The third-order valence-corrected chi connectivity index (χ3v) is 3.28. The molecular weight excluding hydrogens is 226 g/mol. The summed E-state index contributed by atoms with van der Waals surface area (Å²) in [4.78, 5) is 12.8. The average molecular weight is 243 g/mol. The summed E-state index contributed by atoms with van der Waals surface area (Å²) >= 11 is 0. The molecule has 2 rings (SSSR count). The van der Waals surface area contributed by atoms with E-state index in [1.165, 1.54) is 5.39 Å². The molecule has 18 heavy (non-hydrogen) atoms. The summed E-state index contributed by atoms with van der Waals surface area (Å²) in [5, 5.41) is 11.2. The van der Waals surface area contributed by atoms with Gasteiger partial charge >= 0.3 is 5.97 Å². The number of carbonyl (C=O) groups is 1. The lowest BCUT2D eigenvalue weighted by Gasteiger charge is -2.27. The van der Waals surface area contributed by atoms with Crippen molar-refractivity contribution < 1.29 is 9.90 Å². The summed E-state index contributed by atoms with van der Waals surface area (Å²) in [7, 11) is 1.94. The standard InChI is InChI=1S/C15H17NO2/c1-11(10-15(17)18)16(2)14-9-5-7-12-6-3-4-8-13(12)14/h3-9,11H,10H2,1-2H3,(H,17,18). The first-order chi connectivity index (χ1) is 8.59. The van der Waals surface area contributed by atoms with Crippen LogP contribution in [0.15, 0.2) is 42.5 Å². The van der Waals surface area contributed by atoms with E-state index in [1.807, 2.05) is 43.1 Å². The zero-order chi connectivity index (χ0) is 13.1. The largest absolute Gasteiger partial charge is 0.481 e. The Labute approximate surface area is 107 Å².